The lowest BCUT2D eigenvalue weighted by Crippen LogP contribution is -2.42. The number of rotatable bonds is 8. The molecule has 0 aliphatic heterocycles. The highest BCUT2D eigenvalue weighted by Gasteiger charge is 2.16. The monoisotopic (exact) mass is 246 g/mol. The molecular formula is C11H22N2O4. The molecule has 6 nitrogen and oxygen atoms in total. The second kappa shape index (κ2) is 8.81. The van der Waals surface area contributed by atoms with Crippen LogP contribution >= 0.6 is 0 Å². The first kappa shape index (κ1) is 15.7. The Morgan fingerprint density at radius 3 is 2.41 bits per heavy atom. The summed E-state index contributed by atoms with van der Waals surface area (Å²) in [4.78, 5) is 25.5. The largest absolute Gasteiger partial charge is 0.481 e. The van der Waals surface area contributed by atoms with Crippen molar-refractivity contribution < 1.29 is 19.4 Å². The second-order valence-corrected chi connectivity index (χ2v) is 3.77. The number of carbonyl (C=O) groups is 2. The molecule has 0 saturated carbocycles. The van der Waals surface area contributed by atoms with Gasteiger partial charge >= 0.3 is 12.0 Å². The topological polar surface area (TPSA) is 70.1 Å². The Morgan fingerprint density at radius 2 is 1.94 bits per heavy atom. The third kappa shape index (κ3) is 6.78. The van der Waals surface area contributed by atoms with E-state index in [4.69, 9.17) is 9.84 Å². The standard InChI is InChI=1S/C11H22N2O4/c1-4-13(8-6-10(14)15)11(16)12(2)7-5-9-17-3/h4-9H2,1-3H3,(H,14,15). The van der Waals surface area contributed by atoms with E-state index in [0.717, 1.165) is 6.42 Å². The predicted molar refractivity (Wildman–Crippen MR) is 64.0 cm³/mol. The molecule has 2 amide bonds. The van der Waals surface area contributed by atoms with Gasteiger partial charge in [0, 0.05) is 40.4 Å². The summed E-state index contributed by atoms with van der Waals surface area (Å²) >= 11 is 0. The van der Waals surface area contributed by atoms with Gasteiger partial charge in [-0.2, -0.15) is 0 Å². The van der Waals surface area contributed by atoms with Gasteiger partial charge in [0.1, 0.15) is 0 Å². The van der Waals surface area contributed by atoms with Crippen LogP contribution in [0.4, 0.5) is 4.79 Å². The molecule has 0 spiro atoms. The maximum atomic E-state index is 11.9. The third-order valence-electron chi connectivity index (χ3n) is 2.42. The van der Waals surface area contributed by atoms with Gasteiger partial charge in [-0.25, -0.2) is 4.79 Å². The lowest BCUT2D eigenvalue weighted by molar-refractivity contribution is -0.137. The highest BCUT2D eigenvalue weighted by atomic mass is 16.5. The van der Waals surface area contributed by atoms with E-state index in [1.807, 2.05) is 6.92 Å². The molecular weight excluding hydrogens is 224 g/mol. The van der Waals surface area contributed by atoms with E-state index in [1.165, 1.54) is 4.90 Å². The average Bonchev–Trinajstić information content (AvgIpc) is 2.29. The first-order valence-electron chi connectivity index (χ1n) is 5.73. The molecule has 0 unspecified atom stereocenters. The summed E-state index contributed by atoms with van der Waals surface area (Å²) in [6.45, 7) is 3.82. The molecule has 17 heavy (non-hydrogen) atoms. The van der Waals surface area contributed by atoms with Gasteiger partial charge in [-0.05, 0) is 13.3 Å². The van der Waals surface area contributed by atoms with Crippen molar-refractivity contribution >= 4 is 12.0 Å². The van der Waals surface area contributed by atoms with Crippen LogP contribution in [0.15, 0.2) is 0 Å². The quantitative estimate of drug-likeness (QED) is 0.645. The number of nitrogens with zero attached hydrogens (tertiary/aromatic N) is 2. The number of hydrogen-bond donors (Lipinski definition) is 1. The third-order valence-corrected chi connectivity index (χ3v) is 2.42. The molecule has 100 valence electrons. The first-order valence-corrected chi connectivity index (χ1v) is 5.73. The van der Waals surface area contributed by atoms with Crippen molar-refractivity contribution in [1.82, 2.24) is 9.80 Å². The van der Waals surface area contributed by atoms with Gasteiger partial charge < -0.3 is 19.6 Å². The van der Waals surface area contributed by atoms with Crippen LogP contribution < -0.4 is 0 Å². The van der Waals surface area contributed by atoms with E-state index < -0.39 is 5.97 Å². The Labute approximate surface area is 102 Å². The van der Waals surface area contributed by atoms with Crippen molar-refractivity contribution in [2.24, 2.45) is 0 Å². The molecule has 0 bridgehead atoms. The van der Waals surface area contributed by atoms with Crippen LogP contribution in [-0.2, 0) is 9.53 Å². The van der Waals surface area contributed by atoms with Crippen molar-refractivity contribution in [2.75, 3.05) is 40.4 Å². The molecule has 0 heterocycles. The summed E-state index contributed by atoms with van der Waals surface area (Å²) in [6, 6.07) is -0.134. The summed E-state index contributed by atoms with van der Waals surface area (Å²) in [5, 5.41) is 8.58. The van der Waals surface area contributed by atoms with Crippen LogP contribution in [0.2, 0.25) is 0 Å². The molecule has 0 aromatic heterocycles. The first-order chi connectivity index (χ1) is 8.02. The number of ether oxygens (including phenoxy) is 1. The van der Waals surface area contributed by atoms with Crippen LogP contribution in [0.5, 0.6) is 0 Å². The van der Waals surface area contributed by atoms with Crippen LogP contribution in [0.25, 0.3) is 0 Å². The molecule has 0 atom stereocenters. The second-order valence-electron chi connectivity index (χ2n) is 3.77. The van der Waals surface area contributed by atoms with Gasteiger partial charge in [0.25, 0.3) is 0 Å². The number of aliphatic carboxylic acids is 1. The highest BCUT2D eigenvalue weighted by Crippen LogP contribution is 2.00. The minimum absolute atomic E-state index is 0.0223. The van der Waals surface area contributed by atoms with E-state index in [-0.39, 0.29) is 19.0 Å². The molecule has 0 aromatic carbocycles. The summed E-state index contributed by atoms with van der Waals surface area (Å²) in [6.07, 6.45) is 0.751. The number of carbonyl (C=O) groups excluding carboxylic acids is 1. The van der Waals surface area contributed by atoms with Gasteiger partial charge in [0.15, 0.2) is 0 Å². The zero-order chi connectivity index (χ0) is 13.3. The maximum Gasteiger partial charge on any atom is 0.319 e. The van der Waals surface area contributed by atoms with E-state index in [0.29, 0.717) is 19.7 Å². The molecule has 0 fully saturated rings. The van der Waals surface area contributed by atoms with Crippen molar-refractivity contribution in [2.45, 2.75) is 19.8 Å². The number of carboxylic acids is 1. The Balaban J connectivity index is 4.08. The molecule has 0 aliphatic rings. The fraction of sp³-hybridized carbons (Fsp3) is 0.818. The summed E-state index contributed by atoms with van der Waals surface area (Å²) in [7, 11) is 3.33. The SMILES string of the molecule is CCN(CCC(=O)O)C(=O)N(C)CCCOC. The number of urea groups is 1. The van der Waals surface area contributed by atoms with E-state index in [2.05, 4.69) is 0 Å². The smallest absolute Gasteiger partial charge is 0.319 e. The Bertz CT molecular complexity index is 246. The Hall–Kier alpha value is -1.30. The number of amides is 2. The minimum atomic E-state index is -0.890. The lowest BCUT2D eigenvalue weighted by Gasteiger charge is -2.26. The molecule has 1 N–H and O–H groups in total. The fourth-order valence-corrected chi connectivity index (χ4v) is 1.40. The van der Waals surface area contributed by atoms with E-state index in [1.54, 1.807) is 19.1 Å². The normalized spacial score (nSPS) is 10.1. The van der Waals surface area contributed by atoms with Crippen molar-refractivity contribution in [3.63, 3.8) is 0 Å². The van der Waals surface area contributed by atoms with Gasteiger partial charge in [0.05, 0.1) is 6.42 Å². The zero-order valence-corrected chi connectivity index (χ0v) is 10.8. The predicted octanol–water partition coefficient (Wildman–Crippen LogP) is 0.871. The van der Waals surface area contributed by atoms with Gasteiger partial charge in [0.2, 0.25) is 0 Å². The molecule has 6 heteroatoms. The van der Waals surface area contributed by atoms with Crippen LogP contribution in [-0.4, -0.2) is 67.3 Å². The molecule has 0 radical (unpaired) electrons. The number of hydrogen-bond acceptors (Lipinski definition) is 3. The van der Waals surface area contributed by atoms with Crippen molar-refractivity contribution in [1.29, 1.82) is 0 Å². The lowest BCUT2D eigenvalue weighted by atomic mass is 10.3. The highest BCUT2D eigenvalue weighted by molar-refractivity contribution is 5.75. The van der Waals surface area contributed by atoms with Gasteiger partial charge in [-0.1, -0.05) is 0 Å². The number of methoxy groups -OCH3 is 1. The van der Waals surface area contributed by atoms with Crippen molar-refractivity contribution in [3.8, 4) is 0 Å². The zero-order valence-electron chi connectivity index (χ0n) is 10.8. The van der Waals surface area contributed by atoms with Crippen LogP contribution in [0.3, 0.4) is 0 Å². The summed E-state index contributed by atoms with van der Waals surface area (Å²) in [5.74, 6) is -0.890. The Kier molecular flexibility index (Phi) is 8.13. The van der Waals surface area contributed by atoms with Gasteiger partial charge in [-0.15, -0.1) is 0 Å². The molecule has 0 rings (SSSR count). The molecule has 0 saturated heterocycles. The van der Waals surface area contributed by atoms with E-state index in [9.17, 15) is 9.59 Å². The fourth-order valence-electron chi connectivity index (χ4n) is 1.40. The van der Waals surface area contributed by atoms with E-state index >= 15 is 0 Å². The molecule has 0 aromatic rings. The number of carboxylic acid groups (broad SMARTS) is 1. The summed E-state index contributed by atoms with van der Waals surface area (Å²) in [5.41, 5.74) is 0. The average molecular weight is 246 g/mol. The summed E-state index contributed by atoms with van der Waals surface area (Å²) < 4.78 is 4.91. The van der Waals surface area contributed by atoms with Crippen LogP contribution in [0.1, 0.15) is 19.8 Å². The minimum Gasteiger partial charge on any atom is -0.481 e. The maximum absolute atomic E-state index is 11.9. The Morgan fingerprint density at radius 1 is 1.29 bits per heavy atom. The van der Waals surface area contributed by atoms with Gasteiger partial charge in [-0.3, -0.25) is 4.79 Å². The van der Waals surface area contributed by atoms with Crippen molar-refractivity contribution in [3.05, 3.63) is 0 Å². The van der Waals surface area contributed by atoms with Crippen LogP contribution in [0, 0.1) is 0 Å². The molecule has 0 aliphatic carbocycles.